The molecule has 0 aromatic heterocycles. The van der Waals surface area contributed by atoms with Crippen molar-refractivity contribution in [3.63, 3.8) is 0 Å². The van der Waals surface area contributed by atoms with Crippen molar-refractivity contribution in [1.82, 2.24) is 0 Å². The maximum Gasteiger partial charge on any atom is 0.316 e. The molecule has 1 saturated heterocycles. The van der Waals surface area contributed by atoms with Gasteiger partial charge in [0.2, 0.25) is 0 Å². The Hall–Kier alpha value is -0.910. The van der Waals surface area contributed by atoms with E-state index in [9.17, 15) is 18.0 Å². The first-order chi connectivity index (χ1) is 7.37. The highest BCUT2D eigenvalue weighted by molar-refractivity contribution is 7.91. The fourth-order valence-corrected chi connectivity index (χ4v) is 3.85. The maximum absolute atomic E-state index is 11.5. The zero-order valence-electron chi connectivity index (χ0n) is 9.43. The third-order valence-corrected chi connectivity index (χ3v) is 4.51. The van der Waals surface area contributed by atoms with Crippen LogP contribution >= 0.6 is 0 Å². The highest BCUT2D eigenvalue weighted by Gasteiger charge is 2.40. The quantitative estimate of drug-likeness (QED) is 0.524. The van der Waals surface area contributed by atoms with Crippen molar-refractivity contribution in [2.24, 2.45) is 11.8 Å². The molecule has 0 aliphatic carbocycles. The summed E-state index contributed by atoms with van der Waals surface area (Å²) in [6.07, 6.45) is 0.366. The molecule has 0 aromatic carbocycles. The molecular weight excluding hydrogens is 232 g/mol. The van der Waals surface area contributed by atoms with Gasteiger partial charge >= 0.3 is 5.97 Å². The van der Waals surface area contributed by atoms with Gasteiger partial charge in [-0.3, -0.25) is 9.59 Å². The Morgan fingerprint density at radius 1 is 1.44 bits per heavy atom. The number of esters is 1. The molecule has 0 amide bonds. The Kier molecular flexibility index (Phi) is 4.07. The SMILES string of the molecule is CCOC(=O)[C@H](C(C)=O)[C@@H]1CCS(=O)(=O)C1. The molecule has 1 rings (SSSR count). The van der Waals surface area contributed by atoms with Crippen LogP contribution in [0.2, 0.25) is 0 Å². The van der Waals surface area contributed by atoms with Crippen LogP contribution in [0, 0.1) is 11.8 Å². The number of rotatable bonds is 4. The predicted octanol–water partition coefficient (Wildman–Crippen LogP) is 0.189. The number of Topliss-reactive ketones (excluding diaryl/α,β-unsaturated/α-hetero) is 1. The van der Waals surface area contributed by atoms with Crippen LogP contribution in [0.1, 0.15) is 20.3 Å². The van der Waals surface area contributed by atoms with Crippen molar-refractivity contribution in [2.45, 2.75) is 20.3 Å². The lowest BCUT2D eigenvalue weighted by Gasteiger charge is -2.17. The molecule has 0 radical (unpaired) electrons. The van der Waals surface area contributed by atoms with E-state index in [1.807, 2.05) is 0 Å². The largest absolute Gasteiger partial charge is 0.465 e. The molecule has 0 bridgehead atoms. The normalized spacial score (nSPS) is 25.0. The van der Waals surface area contributed by atoms with Crippen molar-refractivity contribution in [3.05, 3.63) is 0 Å². The second-order valence-corrected chi connectivity index (χ2v) is 6.23. The van der Waals surface area contributed by atoms with Crippen LogP contribution in [0.3, 0.4) is 0 Å². The summed E-state index contributed by atoms with van der Waals surface area (Å²) < 4.78 is 27.4. The number of ketones is 1. The molecule has 92 valence electrons. The standard InChI is InChI=1S/C10H16O5S/c1-3-15-10(12)9(7(2)11)8-4-5-16(13,14)6-8/h8-9H,3-6H2,1-2H3/t8-,9-/m1/s1. The molecule has 16 heavy (non-hydrogen) atoms. The van der Waals surface area contributed by atoms with E-state index in [2.05, 4.69) is 0 Å². The zero-order chi connectivity index (χ0) is 12.3. The first-order valence-electron chi connectivity index (χ1n) is 5.25. The molecule has 0 unspecified atom stereocenters. The summed E-state index contributed by atoms with van der Waals surface area (Å²) in [4.78, 5) is 22.9. The van der Waals surface area contributed by atoms with Crippen molar-refractivity contribution >= 4 is 21.6 Å². The minimum Gasteiger partial charge on any atom is -0.465 e. The number of hydrogen-bond acceptors (Lipinski definition) is 5. The summed E-state index contributed by atoms with van der Waals surface area (Å²) in [6, 6.07) is 0. The highest BCUT2D eigenvalue weighted by Crippen LogP contribution is 2.27. The van der Waals surface area contributed by atoms with Gasteiger partial charge < -0.3 is 4.74 Å². The molecule has 2 atom stereocenters. The lowest BCUT2D eigenvalue weighted by Crippen LogP contribution is -2.32. The number of carbonyl (C=O) groups is 2. The van der Waals surface area contributed by atoms with E-state index in [1.165, 1.54) is 6.92 Å². The minimum absolute atomic E-state index is 0.0564. The van der Waals surface area contributed by atoms with Crippen molar-refractivity contribution in [1.29, 1.82) is 0 Å². The second-order valence-electron chi connectivity index (χ2n) is 4.00. The summed E-state index contributed by atoms with van der Waals surface area (Å²) in [6.45, 7) is 3.15. The Morgan fingerprint density at radius 2 is 2.06 bits per heavy atom. The van der Waals surface area contributed by atoms with Gasteiger partial charge in [0.05, 0.1) is 18.1 Å². The highest BCUT2D eigenvalue weighted by atomic mass is 32.2. The van der Waals surface area contributed by atoms with E-state index in [4.69, 9.17) is 4.74 Å². The average molecular weight is 248 g/mol. The van der Waals surface area contributed by atoms with Crippen LogP contribution in [0.4, 0.5) is 0 Å². The number of sulfone groups is 1. The van der Waals surface area contributed by atoms with E-state index in [0.29, 0.717) is 6.42 Å². The molecule has 1 fully saturated rings. The Morgan fingerprint density at radius 3 is 2.44 bits per heavy atom. The number of hydrogen-bond donors (Lipinski definition) is 0. The van der Waals surface area contributed by atoms with Crippen molar-refractivity contribution < 1.29 is 22.7 Å². The van der Waals surface area contributed by atoms with Crippen LogP contribution in [-0.4, -0.2) is 38.3 Å². The Bertz CT molecular complexity index is 384. The van der Waals surface area contributed by atoms with Gasteiger partial charge in [0, 0.05) is 0 Å². The fourth-order valence-electron chi connectivity index (χ4n) is 2.01. The molecule has 1 aliphatic rings. The summed E-state index contributed by atoms with van der Waals surface area (Å²) in [5.41, 5.74) is 0. The molecule has 0 spiro atoms. The molecule has 0 aromatic rings. The molecule has 6 heteroatoms. The number of carbonyl (C=O) groups excluding carboxylic acids is 2. The minimum atomic E-state index is -3.08. The third-order valence-electron chi connectivity index (χ3n) is 2.72. The van der Waals surface area contributed by atoms with Gasteiger partial charge in [0.1, 0.15) is 11.7 Å². The van der Waals surface area contributed by atoms with Gasteiger partial charge in [0.15, 0.2) is 9.84 Å². The van der Waals surface area contributed by atoms with Crippen molar-refractivity contribution in [3.8, 4) is 0 Å². The van der Waals surface area contributed by atoms with Crippen LogP contribution < -0.4 is 0 Å². The molecule has 0 saturated carbocycles. The lowest BCUT2D eigenvalue weighted by molar-refractivity contribution is -0.153. The molecule has 0 N–H and O–H groups in total. The predicted molar refractivity (Wildman–Crippen MR) is 57.6 cm³/mol. The van der Waals surface area contributed by atoms with Gasteiger partial charge in [-0.05, 0) is 26.2 Å². The molecular formula is C10H16O5S. The Labute approximate surface area is 95.1 Å². The molecule has 1 heterocycles. The summed E-state index contributed by atoms with van der Waals surface area (Å²) >= 11 is 0. The van der Waals surface area contributed by atoms with E-state index < -0.39 is 27.6 Å². The summed E-state index contributed by atoms with van der Waals surface area (Å²) in [7, 11) is -3.08. The van der Waals surface area contributed by atoms with E-state index in [0.717, 1.165) is 0 Å². The smallest absolute Gasteiger partial charge is 0.316 e. The van der Waals surface area contributed by atoms with Gasteiger partial charge in [-0.2, -0.15) is 0 Å². The molecule has 1 aliphatic heterocycles. The van der Waals surface area contributed by atoms with Crippen LogP contribution in [-0.2, 0) is 24.2 Å². The van der Waals surface area contributed by atoms with Gasteiger partial charge in [-0.15, -0.1) is 0 Å². The van der Waals surface area contributed by atoms with Crippen LogP contribution in [0.15, 0.2) is 0 Å². The van der Waals surface area contributed by atoms with Gasteiger partial charge in [-0.1, -0.05) is 0 Å². The zero-order valence-corrected chi connectivity index (χ0v) is 10.2. The Balaban J connectivity index is 2.80. The average Bonchev–Trinajstić information content (AvgIpc) is 2.46. The lowest BCUT2D eigenvalue weighted by atomic mass is 9.89. The van der Waals surface area contributed by atoms with Gasteiger partial charge in [0.25, 0.3) is 0 Å². The first kappa shape index (κ1) is 13.2. The van der Waals surface area contributed by atoms with Gasteiger partial charge in [-0.25, -0.2) is 8.42 Å². The third kappa shape index (κ3) is 3.04. The monoisotopic (exact) mass is 248 g/mol. The molecule has 5 nitrogen and oxygen atoms in total. The van der Waals surface area contributed by atoms with Crippen LogP contribution in [0.5, 0.6) is 0 Å². The van der Waals surface area contributed by atoms with E-state index >= 15 is 0 Å². The first-order valence-corrected chi connectivity index (χ1v) is 7.07. The van der Waals surface area contributed by atoms with Crippen molar-refractivity contribution in [2.75, 3.05) is 18.1 Å². The fraction of sp³-hybridized carbons (Fsp3) is 0.800. The number of ether oxygens (including phenoxy) is 1. The van der Waals surface area contributed by atoms with Crippen LogP contribution in [0.25, 0.3) is 0 Å². The summed E-state index contributed by atoms with van der Waals surface area (Å²) in [5, 5.41) is 0. The summed E-state index contributed by atoms with van der Waals surface area (Å²) in [5.74, 6) is -2.28. The topological polar surface area (TPSA) is 77.5 Å². The second kappa shape index (κ2) is 4.95. The van der Waals surface area contributed by atoms with E-state index in [-0.39, 0.29) is 23.9 Å². The maximum atomic E-state index is 11.5. The van der Waals surface area contributed by atoms with E-state index in [1.54, 1.807) is 6.92 Å².